The van der Waals surface area contributed by atoms with Crippen LogP contribution in [-0.2, 0) is 25.5 Å². The van der Waals surface area contributed by atoms with Crippen molar-refractivity contribution in [3.8, 4) is 11.3 Å². The molecule has 0 radical (unpaired) electrons. The summed E-state index contributed by atoms with van der Waals surface area (Å²) in [5, 5.41) is 3.78. The molecule has 6 rings (SSSR count). The molecule has 1 saturated carbocycles. The lowest BCUT2D eigenvalue weighted by molar-refractivity contribution is -0.169. The second-order valence-electron chi connectivity index (χ2n) is 13.4. The first-order valence-corrected chi connectivity index (χ1v) is 17.8. The Kier molecular flexibility index (Phi) is 12.0. The van der Waals surface area contributed by atoms with Gasteiger partial charge in [0.2, 0.25) is 5.91 Å². The molecule has 1 aliphatic carbocycles. The fourth-order valence-corrected chi connectivity index (χ4v) is 7.26. The zero-order valence-electron chi connectivity index (χ0n) is 28.1. The zero-order chi connectivity index (χ0) is 33.3. The maximum absolute atomic E-state index is 14.8. The van der Waals surface area contributed by atoms with Crippen molar-refractivity contribution in [2.45, 2.75) is 77.2 Å². The van der Waals surface area contributed by atoms with E-state index in [4.69, 9.17) is 19.2 Å². The first kappa shape index (κ1) is 34.4. The monoisotopic (exact) mass is 660 g/mol. The summed E-state index contributed by atoms with van der Waals surface area (Å²) in [6.07, 6.45) is 8.76. The van der Waals surface area contributed by atoms with E-state index in [0.717, 1.165) is 44.3 Å². The number of carbonyl (C=O) groups excluding carboxylic acids is 2. The van der Waals surface area contributed by atoms with Crippen molar-refractivity contribution in [2.24, 2.45) is 5.92 Å². The van der Waals surface area contributed by atoms with Gasteiger partial charge < -0.3 is 24.4 Å². The highest BCUT2D eigenvalue weighted by atomic mass is 19.1. The highest BCUT2D eigenvalue weighted by Crippen LogP contribution is 2.33. The number of hydrogen-bond donors (Lipinski definition) is 1. The van der Waals surface area contributed by atoms with Crippen LogP contribution >= 0.6 is 0 Å². The third-order valence-corrected chi connectivity index (χ3v) is 9.99. The van der Waals surface area contributed by atoms with Gasteiger partial charge in [-0.1, -0.05) is 49.6 Å². The second kappa shape index (κ2) is 16.8. The van der Waals surface area contributed by atoms with E-state index in [1.54, 1.807) is 6.07 Å². The van der Waals surface area contributed by atoms with E-state index in [-0.39, 0.29) is 30.7 Å². The average molecular weight is 661 g/mol. The Balaban J connectivity index is 1.17. The SMILES string of the molecule is C[C@H](NC(=O)c1c(CN2CCN(CCOCCOC3CCCCO3)C(=O)C2)c(-c2ccccc2)nc2ccc(F)cc12)C1CCCCC1. The van der Waals surface area contributed by atoms with Crippen molar-refractivity contribution >= 4 is 22.7 Å². The maximum Gasteiger partial charge on any atom is 0.252 e. The molecule has 3 heterocycles. The first-order valence-electron chi connectivity index (χ1n) is 17.8. The highest BCUT2D eigenvalue weighted by molar-refractivity contribution is 6.09. The van der Waals surface area contributed by atoms with Gasteiger partial charge in [0.25, 0.3) is 5.91 Å². The number of pyridine rings is 1. The Labute approximate surface area is 283 Å². The molecule has 0 spiro atoms. The van der Waals surface area contributed by atoms with Crippen molar-refractivity contribution in [3.05, 3.63) is 65.5 Å². The van der Waals surface area contributed by atoms with Gasteiger partial charge >= 0.3 is 0 Å². The molecule has 3 aromatic rings. The van der Waals surface area contributed by atoms with Crippen LogP contribution in [-0.4, -0.2) is 91.5 Å². The van der Waals surface area contributed by atoms with Crippen LogP contribution in [0.25, 0.3) is 22.2 Å². The Morgan fingerprint density at radius 1 is 1.02 bits per heavy atom. The third-order valence-electron chi connectivity index (χ3n) is 9.99. The summed E-state index contributed by atoms with van der Waals surface area (Å²) in [6.45, 7) is 6.40. The lowest BCUT2D eigenvalue weighted by atomic mass is 9.84. The van der Waals surface area contributed by atoms with E-state index in [1.165, 1.54) is 31.4 Å². The number of nitrogens with one attached hydrogen (secondary N) is 1. The summed E-state index contributed by atoms with van der Waals surface area (Å²) in [5.41, 5.74) is 3.25. The molecule has 3 aliphatic rings. The van der Waals surface area contributed by atoms with Crippen LogP contribution < -0.4 is 5.32 Å². The predicted octanol–water partition coefficient (Wildman–Crippen LogP) is 5.94. The number of rotatable bonds is 13. The Hall–Kier alpha value is -3.44. The highest BCUT2D eigenvalue weighted by Gasteiger charge is 2.30. The molecule has 1 N–H and O–H groups in total. The van der Waals surface area contributed by atoms with Gasteiger partial charge in [-0.05, 0) is 63.1 Å². The number of halogens is 1. The summed E-state index contributed by atoms with van der Waals surface area (Å²) in [5.74, 6) is -0.219. The van der Waals surface area contributed by atoms with Crippen LogP contribution in [0.4, 0.5) is 4.39 Å². The Morgan fingerprint density at radius 3 is 2.60 bits per heavy atom. The summed E-state index contributed by atoms with van der Waals surface area (Å²) >= 11 is 0. The molecule has 1 aromatic heterocycles. The number of benzene rings is 2. The average Bonchev–Trinajstić information content (AvgIpc) is 3.11. The van der Waals surface area contributed by atoms with Gasteiger partial charge in [-0.15, -0.1) is 0 Å². The summed E-state index contributed by atoms with van der Waals surface area (Å²) in [4.78, 5) is 36.5. The summed E-state index contributed by atoms with van der Waals surface area (Å²) in [6, 6.07) is 14.2. The van der Waals surface area contributed by atoms with Crippen molar-refractivity contribution in [3.63, 3.8) is 0 Å². The number of carbonyl (C=O) groups is 2. The Bertz CT molecular complexity index is 1530. The van der Waals surface area contributed by atoms with Crippen LogP contribution in [0.3, 0.4) is 0 Å². The van der Waals surface area contributed by atoms with Crippen LogP contribution in [0, 0.1) is 11.7 Å². The standard InChI is InChI=1S/C38H49FN4O5/c1-27(28-10-4-2-5-11-28)40-38(45)36-31-24-30(39)15-16-33(31)41-37(29-12-6-3-7-13-29)32(36)25-42-17-18-43(34(44)26-42)19-21-46-22-23-48-35-14-8-9-20-47-35/h3,6-7,12-13,15-16,24,27-28,35H,2,4-5,8-11,14,17-23,25-26H2,1H3,(H,40,45)/t27-,35?/m0/s1. The van der Waals surface area contributed by atoms with Gasteiger partial charge in [-0.25, -0.2) is 9.37 Å². The minimum atomic E-state index is -0.419. The van der Waals surface area contributed by atoms with Gasteiger partial charge in [0, 0.05) is 55.3 Å². The molecule has 2 aliphatic heterocycles. The molecule has 1 unspecified atom stereocenters. The van der Waals surface area contributed by atoms with E-state index in [0.29, 0.717) is 79.6 Å². The van der Waals surface area contributed by atoms with E-state index in [9.17, 15) is 14.0 Å². The number of aromatic nitrogens is 1. The van der Waals surface area contributed by atoms with Crippen molar-refractivity contribution in [2.75, 3.05) is 52.6 Å². The molecular formula is C38H49FN4O5. The molecule has 48 heavy (non-hydrogen) atoms. The fourth-order valence-electron chi connectivity index (χ4n) is 7.26. The Morgan fingerprint density at radius 2 is 1.83 bits per heavy atom. The molecule has 2 saturated heterocycles. The minimum absolute atomic E-state index is 0.00896. The van der Waals surface area contributed by atoms with E-state index in [2.05, 4.69) is 17.1 Å². The van der Waals surface area contributed by atoms with E-state index >= 15 is 0 Å². The van der Waals surface area contributed by atoms with Gasteiger partial charge in [-0.2, -0.15) is 0 Å². The summed E-state index contributed by atoms with van der Waals surface area (Å²) in [7, 11) is 0. The normalized spacial score (nSPS) is 20.2. The lowest BCUT2D eigenvalue weighted by Gasteiger charge is -2.35. The molecule has 9 nitrogen and oxygen atoms in total. The number of nitrogens with zero attached hydrogens (tertiary/aromatic N) is 3. The van der Waals surface area contributed by atoms with Crippen LogP contribution in [0.2, 0.25) is 0 Å². The fraction of sp³-hybridized carbons (Fsp3) is 0.553. The molecule has 2 atom stereocenters. The number of fused-ring (bicyclic) bond motifs is 1. The molecule has 3 fully saturated rings. The number of piperazine rings is 1. The van der Waals surface area contributed by atoms with Gasteiger partial charge in [0.05, 0.1) is 43.1 Å². The van der Waals surface area contributed by atoms with Crippen LogP contribution in [0.5, 0.6) is 0 Å². The summed E-state index contributed by atoms with van der Waals surface area (Å²) < 4.78 is 31.8. The van der Waals surface area contributed by atoms with Crippen molar-refractivity contribution < 1.29 is 28.2 Å². The lowest BCUT2D eigenvalue weighted by Crippen LogP contribution is -2.51. The third kappa shape index (κ3) is 8.77. The minimum Gasteiger partial charge on any atom is -0.377 e. The van der Waals surface area contributed by atoms with Gasteiger partial charge in [-0.3, -0.25) is 14.5 Å². The van der Waals surface area contributed by atoms with E-state index in [1.807, 2.05) is 35.2 Å². The van der Waals surface area contributed by atoms with Crippen molar-refractivity contribution in [1.29, 1.82) is 0 Å². The van der Waals surface area contributed by atoms with Crippen LogP contribution in [0.15, 0.2) is 48.5 Å². The number of ether oxygens (including phenoxy) is 3. The molecule has 2 aromatic carbocycles. The molecule has 0 bridgehead atoms. The largest absolute Gasteiger partial charge is 0.377 e. The molecule has 10 heteroatoms. The second-order valence-corrected chi connectivity index (χ2v) is 13.4. The number of hydrogen-bond acceptors (Lipinski definition) is 7. The number of amides is 2. The molecule has 2 amide bonds. The van der Waals surface area contributed by atoms with Gasteiger partial charge in [0.15, 0.2) is 6.29 Å². The van der Waals surface area contributed by atoms with Crippen LogP contribution in [0.1, 0.15) is 74.2 Å². The predicted molar refractivity (Wildman–Crippen MR) is 183 cm³/mol. The zero-order valence-corrected chi connectivity index (χ0v) is 28.1. The first-order chi connectivity index (χ1) is 23.5. The molecular weight excluding hydrogens is 611 g/mol. The smallest absolute Gasteiger partial charge is 0.252 e. The quantitative estimate of drug-likeness (QED) is 0.227. The molecule has 258 valence electrons. The maximum atomic E-state index is 14.8. The van der Waals surface area contributed by atoms with Gasteiger partial charge in [0.1, 0.15) is 5.82 Å². The topological polar surface area (TPSA) is 93.2 Å². The van der Waals surface area contributed by atoms with Crippen molar-refractivity contribution in [1.82, 2.24) is 20.1 Å². The van der Waals surface area contributed by atoms with E-state index < -0.39 is 5.82 Å².